The van der Waals surface area contributed by atoms with Crippen LogP contribution in [0.5, 0.6) is 5.75 Å². The Labute approximate surface area is 156 Å². The van der Waals surface area contributed by atoms with Gasteiger partial charge < -0.3 is 15.0 Å². The van der Waals surface area contributed by atoms with E-state index in [1.165, 1.54) is 24.5 Å². The van der Waals surface area contributed by atoms with Crippen LogP contribution < -0.4 is 10.1 Å². The van der Waals surface area contributed by atoms with Gasteiger partial charge in [-0.15, -0.1) is 0 Å². The summed E-state index contributed by atoms with van der Waals surface area (Å²) in [5.74, 6) is -1.14. The molecule has 142 valence electrons. The molecule has 0 saturated carbocycles. The lowest BCUT2D eigenvalue weighted by molar-refractivity contribution is 0.0711. The Morgan fingerprint density at radius 1 is 1.07 bits per heavy atom. The van der Waals surface area contributed by atoms with Crippen molar-refractivity contribution in [3.8, 4) is 5.75 Å². The quantitative estimate of drug-likeness (QED) is 0.785. The number of likely N-dealkylation sites (tertiary alicyclic amines) is 1. The van der Waals surface area contributed by atoms with E-state index in [0.717, 1.165) is 19.3 Å². The van der Waals surface area contributed by atoms with E-state index in [-0.39, 0.29) is 36.2 Å². The van der Waals surface area contributed by atoms with Gasteiger partial charge in [0.05, 0.1) is 6.54 Å². The second-order valence-electron chi connectivity index (χ2n) is 6.14. The first-order valence-corrected chi connectivity index (χ1v) is 8.92. The Morgan fingerprint density at radius 3 is 2.52 bits per heavy atom. The molecule has 1 aliphatic rings. The molecule has 1 saturated heterocycles. The molecule has 0 unspecified atom stereocenters. The van der Waals surface area contributed by atoms with Crippen LogP contribution in [0.25, 0.3) is 0 Å². The third-order valence-corrected chi connectivity index (χ3v) is 4.24. The molecule has 3 rings (SSSR count). The molecule has 0 spiro atoms. The molecule has 2 amide bonds. The number of piperidine rings is 1. The maximum absolute atomic E-state index is 13.5. The minimum atomic E-state index is -0.513. The van der Waals surface area contributed by atoms with Crippen molar-refractivity contribution in [3.05, 3.63) is 53.9 Å². The minimum absolute atomic E-state index is 0.0148. The molecule has 7 nitrogen and oxygen atoms in total. The zero-order valence-corrected chi connectivity index (χ0v) is 14.9. The smallest absolute Gasteiger partial charge is 0.274 e. The number of ether oxygens (including phenoxy) is 1. The summed E-state index contributed by atoms with van der Waals surface area (Å²) in [4.78, 5) is 34.9. The highest BCUT2D eigenvalue weighted by Gasteiger charge is 2.25. The molecule has 0 aliphatic carbocycles. The third-order valence-electron chi connectivity index (χ3n) is 4.24. The number of para-hydroxylation sites is 1. The largest absolute Gasteiger partial charge is 0.489 e. The number of halogens is 1. The van der Waals surface area contributed by atoms with Gasteiger partial charge in [-0.2, -0.15) is 0 Å². The van der Waals surface area contributed by atoms with Gasteiger partial charge >= 0.3 is 0 Å². The van der Waals surface area contributed by atoms with Crippen molar-refractivity contribution < 1.29 is 18.7 Å². The summed E-state index contributed by atoms with van der Waals surface area (Å²) < 4.78 is 18.8. The van der Waals surface area contributed by atoms with Gasteiger partial charge in [0, 0.05) is 25.5 Å². The van der Waals surface area contributed by atoms with Crippen molar-refractivity contribution >= 4 is 11.8 Å². The molecule has 8 heteroatoms. The second-order valence-corrected chi connectivity index (χ2v) is 6.14. The highest BCUT2D eigenvalue weighted by atomic mass is 19.1. The highest BCUT2D eigenvalue weighted by Crippen LogP contribution is 2.15. The SMILES string of the molecule is O=C(NCCOc1ccccc1F)c1nccnc1C(=O)N1CCCCC1. The maximum atomic E-state index is 13.5. The summed E-state index contributed by atoms with van der Waals surface area (Å²) in [7, 11) is 0. The molecule has 2 aromatic rings. The molecule has 1 aromatic heterocycles. The monoisotopic (exact) mass is 372 g/mol. The summed E-state index contributed by atoms with van der Waals surface area (Å²) in [5, 5.41) is 2.63. The number of carbonyl (C=O) groups is 2. The van der Waals surface area contributed by atoms with Crippen LogP contribution in [0.3, 0.4) is 0 Å². The number of carbonyl (C=O) groups excluding carboxylic acids is 2. The number of aromatic nitrogens is 2. The van der Waals surface area contributed by atoms with E-state index in [1.54, 1.807) is 17.0 Å². The van der Waals surface area contributed by atoms with Crippen molar-refractivity contribution in [1.29, 1.82) is 0 Å². The number of amides is 2. The Kier molecular flexibility index (Phi) is 6.30. The van der Waals surface area contributed by atoms with Gasteiger partial charge in [0.2, 0.25) is 0 Å². The van der Waals surface area contributed by atoms with E-state index in [1.807, 2.05) is 0 Å². The van der Waals surface area contributed by atoms with Crippen molar-refractivity contribution in [2.45, 2.75) is 19.3 Å². The molecule has 0 radical (unpaired) electrons. The number of hydrogen-bond acceptors (Lipinski definition) is 5. The van der Waals surface area contributed by atoms with Crippen molar-refractivity contribution in [3.63, 3.8) is 0 Å². The first-order chi connectivity index (χ1) is 13.2. The van der Waals surface area contributed by atoms with Gasteiger partial charge in [-0.05, 0) is 31.4 Å². The lowest BCUT2D eigenvalue weighted by Crippen LogP contribution is -2.38. The fourth-order valence-corrected chi connectivity index (χ4v) is 2.88. The van der Waals surface area contributed by atoms with Crippen molar-refractivity contribution in [2.24, 2.45) is 0 Å². The molecule has 0 bridgehead atoms. The number of nitrogens with one attached hydrogen (secondary N) is 1. The van der Waals surface area contributed by atoms with Crippen LogP contribution in [0.4, 0.5) is 4.39 Å². The lowest BCUT2D eigenvalue weighted by atomic mass is 10.1. The van der Waals surface area contributed by atoms with Gasteiger partial charge in [0.25, 0.3) is 11.8 Å². The van der Waals surface area contributed by atoms with Gasteiger partial charge in [-0.1, -0.05) is 12.1 Å². The van der Waals surface area contributed by atoms with Gasteiger partial charge in [0.15, 0.2) is 23.0 Å². The summed E-state index contributed by atoms with van der Waals surface area (Å²) in [6.07, 6.45) is 5.76. The van der Waals surface area contributed by atoms with Gasteiger partial charge in [0.1, 0.15) is 6.61 Å². The second kappa shape index (κ2) is 9.07. The number of nitrogens with zero attached hydrogens (tertiary/aromatic N) is 3. The average molecular weight is 372 g/mol. The Morgan fingerprint density at radius 2 is 1.78 bits per heavy atom. The zero-order chi connectivity index (χ0) is 19.1. The topological polar surface area (TPSA) is 84.4 Å². The van der Waals surface area contributed by atoms with E-state index in [0.29, 0.717) is 13.1 Å². The third kappa shape index (κ3) is 4.78. The summed E-state index contributed by atoms with van der Waals surface area (Å²) >= 11 is 0. The van der Waals surface area contributed by atoms with Crippen LogP contribution in [0, 0.1) is 5.82 Å². The van der Waals surface area contributed by atoms with Crippen LogP contribution >= 0.6 is 0 Å². The summed E-state index contributed by atoms with van der Waals surface area (Å²) in [6.45, 7) is 1.54. The van der Waals surface area contributed by atoms with Crippen molar-refractivity contribution in [2.75, 3.05) is 26.2 Å². The molecule has 1 aliphatic heterocycles. The Bertz CT molecular complexity index is 809. The molecule has 27 heavy (non-hydrogen) atoms. The molecular formula is C19H21FN4O3. The summed E-state index contributed by atoms with van der Waals surface area (Å²) in [5.41, 5.74) is 0.0332. The van der Waals surface area contributed by atoms with Gasteiger partial charge in [-0.25, -0.2) is 14.4 Å². The predicted octanol–water partition coefficient (Wildman–Crippen LogP) is 2.05. The predicted molar refractivity (Wildman–Crippen MR) is 96.0 cm³/mol. The van der Waals surface area contributed by atoms with Crippen molar-refractivity contribution in [1.82, 2.24) is 20.2 Å². The van der Waals surface area contributed by atoms with E-state index in [2.05, 4.69) is 15.3 Å². The molecule has 1 fully saturated rings. The van der Waals surface area contributed by atoms with E-state index in [4.69, 9.17) is 4.74 Å². The lowest BCUT2D eigenvalue weighted by Gasteiger charge is -2.26. The van der Waals surface area contributed by atoms with Crippen LogP contribution in [0.2, 0.25) is 0 Å². The van der Waals surface area contributed by atoms with Crippen LogP contribution in [0.1, 0.15) is 40.2 Å². The van der Waals surface area contributed by atoms with E-state index < -0.39 is 11.7 Å². The Hall–Kier alpha value is -3.03. The molecular weight excluding hydrogens is 351 g/mol. The van der Waals surface area contributed by atoms with Crippen LogP contribution in [-0.2, 0) is 0 Å². The molecule has 2 heterocycles. The number of hydrogen-bond donors (Lipinski definition) is 1. The van der Waals surface area contributed by atoms with E-state index in [9.17, 15) is 14.0 Å². The van der Waals surface area contributed by atoms with Crippen LogP contribution in [-0.4, -0.2) is 52.9 Å². The summed E-state index contributed by atoms with van der Waals surface area (Å²) in [6, 6.07) is 6.04. The molecule has 1 N–H and O–H groups in total. The fraction of sp³-hybridized carbons (Fsp3) is 0.368. The average Bonchev–Trinajstić information content (AvgIpc) is 2.72. The minimum Gasteiger partial charge on any atom is -0.489 e. The molecule has 0 atom stereocenters. The van der Waals surface area contributed by atoms with Crippen LogP contribution in [0.15, 0.2) is 36.7 Å². The first-order valence-electron chi connectivity index (χ1n) is 8.92. The first kappa shape index (κ1) is 18.8. The normalized spacial score (nSPS) is 13.9. The fourth-order valence-electron chi connectivity index (χ4n) is 2.88. The standard InChI is InChI=1S/C19H21FN4O3/c20-14-6-2-3-7-15(14)27-13-10-23-18(25)16-17(22-9-8-21-16)19(26)24-11-4-1-5-12-24/h2-3,6-9H,1,4-5,10-13H2,(H,23,25). The number of rotatable bonds is 6. The highest BCUT2D eigenvalue weighted by molar-refractivity contribution is 6.04. The zero-order valence-electron chi connectivity index (χ0n) is 14.9. The Balaban J connectivity index is 1.58. The van der Waals surface area contributed by atoms with E-state index >= 15 is 0 Å². The van der Waals surface area contributed by atoms with Gasteiger partial charge in [-0.3, -0.25) is 9.59 Å². The maximum Gasteiger partial charge on any atom is 0.274 e. The number of benzene rings is 1. The molecule has 1 aromatic carbocycles.